The zero-order valence-electron chi connectivity index (χ0n) is 22.1. The molecule has 0 radical (unpaired) electrons. The molecule has 3 amide bonds. The van der Waals surface area contributed by atoms with Gasteiger partial charge in [-0.05, 0) is 54.3 Å². The molecule has 1 fully saturated rings. The molecule has 2 spiro atoms. The Balaban J connectivity index is 1.11. The highest BCUT2D eigenvalue weighted by Crippen LogP contribution is 2.47. The van der Waals surface area contributed by atoms with Crippen LogP contribution in [0.4, 0.5) is 20.3 Å². The van der Waals surface area contributed by atoms with Crippen molar-refractivity contribution in [3.63, 3.8) is 0 Å². The number of amidine groups is 1. The molecule has 7 rings (SSSR count). The van der Waals surface area contributed by atoms with Crippen LogP contribution in [0.2, 0.25) is 0 Å². The maximum absolute atomic E-state index is 14.2. The highest BCUT2D eigenvalue weighted by Gasteiger charge is 2.52. The molecule has 0 saturated carbocycles. The van der Waals surface area contributed by atoms with Gasteiger partial charge in [0.25, 0.3) is 5.91 Å². The molecule has 1 saturated heterocycles. The molecule has 2 N–H and O–H groups in total. The van der Waals surface area contributed by atoms with Crippen LogP contribution in [0.1, 0.15) is 36.0 Å². The molecular weight excluding hydrogens is 532 g/mol. The number of hydrogen-bond acceptors (Lipinski definition) is 6. The summed E-state index contributed by atoms with van der Waals surface area (Å²) in [4.78, 5) is 50.1. The lowest BCUT2D eigenvalue weighted by atomic mass is 9.79. The number of carbonyl (C=O) groups is 3. The molecule has 5 aliphatic rings. The van der Waals surface area contributed by atoms with Gasteiger partial charge >= 0.3 is 0 Å². The Hall–Kier alpha value is -4.25. The molecule has 2 aromatic rings. The van der Waals surface area contributed by atoms with E-state index in [-0.39, 0.29) is 36.2 Å². The van der Waals surface area contributed by atoms with Gasteiger partial charge in [-0.3, -0.25) is 24.3 Å². The summed E-state index contributed by atoms with van der Waals surface area (Å²) < 4.78 is 33.8. The Bertz CT molecular complexity index is 1590. The van der Waals surface area contributed by atoms with Crippen LogP contribution >= 0.6 is 0 Å². The minimum absolute atomic E-state index is 0.0896. The number of rotatable bonds is 4. The number of carbonyl (C=O) groups excluding carboxylic acids is 3. The number of fused-ring (bicyclic) bond motifs is 3. The van der Waals surface area contributed by atoms with Crippen molar-refractivity contribution < 1.29 is 27.9 Å². The van der Waals surface area contributed by atoms with Crippen LogP contribution in [0, 0.1) is 0 Å². The van der Waals surface area contributed by atoms with E-state index in [2.05, 4.69) is 20.6 Å². The number of ether oxygens (including phenoxy) is 1. The van der Waals surface area contributed by atoms with Crippen LogP contribution in [0.3, 0.4) is 0 Å². The maximum atomic E-state index is 14.2. The van der Waals surface area contributed by atoms with E-state index in [0.717, 1.165) is 22.8 Å². The molecule has 4 heterocycles. The van der Waals surface area contributed by atoms with E-state index in [0.29, 0.717) is 50.4 Å². The third-order valence-corrected chi connectivity index (χ3v) is 8.65. The van der Waals surface area contributed by atoms with Gasteiger partial charge in [-0.1, -0.05) is 12.1 Å². The lowest BCUT2D eigenvalue weighted by Gasteiger charge is -2.29. The van der Waals surface area contributed by atoms with Gasteiger partial charge in [0.15, 0.2) is 0 Å². The predicted molar refractivity (Wildman–Crippen MR) is 146 cm³/mol. The topological polar surface area (TPSA) is 113 Å². The van der Waals surface area contributed by atoms with E-state index in [1.54, 1.807) is 12.3 Å². The highest BCUT2D eigenvalue weighted by atomic mass is 19.1. The molecule has 1 aromatic carbocycles. The summed E-state index contributed by atoms with van der Waals surface area (Å²) in [6, 6.07) is 9.25. The second kappa shape index (κ2) is 9.41. The number of amides is 3. The van der Waals surface area contributed by atoms with Crippen molar-refractivity contribution in [2.24, 2.45) is 4.99 Å². The van der Waals surface area contributed by atoms with Crippen molar-refractivity contribution in [1.82, 2.24) is 9.88 Å². The number of alkyl halides is 1. The zero-order chi connectivity index (χ0) is 28.4. The van der Waals surface area contributed by atoms with Gasteiger partial charge < -0.3 is 15.4 Å². The van der Waals surface area contributed by atoms with E-state index in [1.165, 1.54) is 11.0 Å². The van der Waals surface area contributed by atoms with E-state index in [1.807, 2.05) is 24.3 Å². The molecule has 3 aliphatic heterocycles. The number of nitrogens with one attached hydrogen (secondary N) is 2. The Kier molecular flexibility index (Phi) is 5.90. The second-order valence-electron chi connectivity index (χ2n) is 11.2. The lowest BCUT2D eigenvalue weighted by molar-refractivity contribution is -0.136. The summed E-state index contributed by atoms with van der Waals surface area (Å²) in [6.07, 6.45) is 3.59. The van der Waals surface area contributed by atoms with E-state index >= 15 is 0 Å². The molecule has 11 heteroatoms. The minimum atomic E-state index is -1.64. The minimum Gasteiger partial charge on any atom is -0.381 e. The van der Waals surface area contributed by atoms with Crippen molar-refractivity contribution in [3.8, 4) is 0 Å². The molecule has 210 valence electrons. The third kappa shape index (κ3) is 4.18. The Labute approximate surface area is 234 Å². The Morgan fingerprint density at radius 2 is 1.95 bits per heavy atom. The molecule has 2 atom stereocenters. The fraction of sp³-hybridized carbons (Fsp3) is 0.367. The summed E-state index contributed by atoms with van der Waals surface area (Å²) >= 11 is 0. The Morgan fingerprint density at radius 1 is 1.15 bits per heavy atom. The van der Waals surface area contributed by atoms with Gasteiger partial charge in [0, 0.05) is 55.5 Å². The van der Waals surface area contributed by atoms with Crippen molar-refractivity contribution >= 4 is 35.1 Å². The first kappa shape index (κ1) is 25.7. The first-order chi connectivity index (χ1) is 19.8. The van der Waals surface area contributed by atoms with E-state index in [4.69, 9.17) is 4.74 Å². The number of benzene rings is 1. The normalized spacial score (nSPS) is 26.0. The monoisotopic (exact) mass is 559 g/mol. The van der Waals surface area contributed by atoms with E-state index < -0.39 is 28.9 Å². The van der Waals surface area contributed by atoms with Gasteiger partial charge in [0.1, 0.15) is 35.7 Å². The summed E-state index contributed by atoms with van der Waals surface area (Å²) in [7, 11) is 0. The summed E-state index contributed by atoms with van der Waals surface area (Å²) in [5.41, 5.74) is 1.76. The molecule has 0 bridgehead atoms. The van der Waals surface area contributed by atoms with Gasteiger partial charge in [-0.15, -0.1) is 0 Å². The number of allylic oxidation sites excluding steroid dienone is 3. The smallest absolute Gasteiger partial charge is 0.256 e. The van der Waals surface area contributed by atoms with E-state index in [9.17, 15) is 23.2 Å². The number of hydrogen-bond donors (Lipinski definition) is 2. The molecule has 41 heavy (non-hydrogen) atoms. The van der Waals surface area contributed by atoms with Crippen molar-refractivity contribution in [1.29, 1.82) is 0 Å². The molecule has 9 nitrogen and oxygen atoms in total. The van der Waals surface area contributed by atoms with Crippen LogP contribution < -0.4 is 10.6 Å². The first-order valence-corrected chi connectivity index (χ1v) is 13.7. The van der Waals surface area contributed by atoms with Crippen LogP contribution in [0.5, 0.6) is 0 Å². The average Bonchev–Trinajstić information content (AvgIpc) is 3.55. The Morgan fingerprint density at radius 3 is 2.76 bits per heavy atom. The van der Waals surface area contributed by atoms with Crippen LogP contribution in [0.15, 0.2) is 65.1 Å². The SMILES string of the molecule is O=C(CN1C(=O)C2(CCOCC2)N=C1C1=CC(F)C=C(F)C1)Nc1ccc2c(c1)CC1(C2)C(=O)Nc2ncccc21. The molecule has 2 aliphatic carbocycles. The number of nitrogens with zero attached hydrogens (tertiary/aromatic N) is 3. The van der Waals surface area contributed by atoms with Crippen LogP contribution in [-0.2, 0) is 37.4 Å². The van der Waals surface area contributed by atoms with Gasteiger partial charge in [-0.2, -0.15) is 0 Å². The fourth-order valence-corrected chi connectivity index (χ4v) is 6.64. The van der Waals surface area contributed by atoms with Crippen LogP contribution in [0.25, 0.3) is 0 Å². The first-order valence-electron chi connectivity index (χ1n) is 13.7. The van der Waals surface area contributed by atoms with Gasteiger partial charge in [-0.25, -0.2) is 13.8 Å². The lowest BCUT2D eigenvalue weighted by Crippen LogP contribution is -2.48. The average molecular weight is 560 g/mol. The second-order valence-corrected chi connectivity index (χ2v) is 11.2. The zero-order valence-corrected chi connectivity index (χ0v) is 22.1. The molecule has 2 unspecified atom stereocenters. The molecule has 1 aromatic heterocycles. The largest absolute Gasteiger partial charge is 0.381 e. The standard InChI is InChI=1S/C30H27F2N5O4/c31-20-10-18(11-21(32)13-20)26-36-30(5-8-41-9-6-30)28(40)37(26)16-24(38)34-22-4-3-17-14-29(15-19(17)12-22)23-2-1-7-33-25(23)35-27(29)39/h1-4,7,10,12-13,20H,5-6,8-9,11,14-16H2,(H,34,38)(H,33,35,39). The summed E-state index contributed by atoms with van der Waals surface area (Å²) in [6.45, 7) is 0.302. The number of aromatic nitrogens is 1. The number of pyridine rings is 1. The fourth-order valence-electron chi connectivity index (χ4n) is 6.64. The number of anilines is 2. The predicted octanol–water partition coefficient (Wildman–Crippen LogP) is 3.32. The number of halogens is 2. The van der Waals surface area contributed by atoms with Crippen molar-refractivity contribution in [2.75, 3.05) is 30.4 Å². The van der Waals surface area contributed by atoms with Crippen molar-refractivity contribution in [3.05, 3.63) is 76.8 Å². The van der Waals surface area contributed by atoms with Crippen molar-refractivity contribution in [2.45, 2.75) is 49.2 Å². The van der Waals surface area contributed by atoms with Gasteiger partial charge in [0.2, 0.25) is 11.8 Å². The third-order valence-electron chi connectivity index (χ3n) is 8.65. The maximum Gasteiger partial charge on any atom is 0.256 e. The van der Waals surface area contributed by atoms with Gasteiger partial charge in [0.05, 0.1) is 5.41 Å². The molecular formula is C30H27F2N5O4. The summed E-state index contributed by atoms with van der Waals surface area (Å²) in [5, 5.41) is 5.74. The van der Waals surface area contributed by atoms with Crippen LogP contribution in [-0.4, -0.2) is 64.9 Å². The number of aliphatic imine (C=N–C) groups is 1. The highest BCUT2D eigenvalue weighted by molar-refractivity contribution is 6.17. The quantitative estimate of drug-likeness (QED) is 0.597. The summed E-state index contributed by atoms with van der Waals surface area (Å²) in [5.74, 6) is -0.862.